The third kappa shape index (κ3) is 2.10. The highest BCUT2D eigenvalue weighted by molar-refractivity contribution is 6.49. The summed E-state index contributed by atoms with van der Waals surface area (Å²) >= 11 is 5.74. The van der Waals surface area contributed by atoms with Gasteiger partial charge in [-0.15, -0.1) is 0 Å². The molecule has 0 saturated carbocycles. The average molecular weight is 207 g/mol. The van der Waals surface area contributed by atoms with E-state index >= 15 is 0 Å². The van der Waals surface area contributed by atoms with Crippen LogP contribution in [0.1, 0.15) is 5.56 Å². The van der Waals surface area contributed by atoms with Gasteiger partial charge < -0.3 is 0 Å². The summed E-state index contributed by atoms with van der Waals surface area (Å²) in [6.07, 6.45) is 0. The highest BCUT2D eigenvalue weighted by Crippen LogP contribution is 2.22. The van der Waals surface area contributed by atoms with E-state index in [1.165, 1.54) is 24.3 Å². The molecule has 4 heteroatoms. The molecule has 0 aliphatic carbocycles. The lowest BCUT2D eigenvalue weighted by Crippen LogP contribution is -1.83. The van der Waals surface area contributed by atoms with Gasteiger partial charge >= 0.3 is 0 Å². The Morgan fingerprint density at radius 3 is 2.07 bits per heavy atom. The van der Waals surface area contributed by atoms with Crippen molar-refractivity contribution in [3.8, 4) is 12.1 Å². The van der Waals surface area contributed by atoms with Crippen LogP contribution in [0.2, 0.25) is 0 Å². The van der Waals surface area contributed by atoms with Crippen molar-refractivity contribution in [1.29, 1.82) is 10.5 Å². The number of nitriles is 2. The molecule has 0 radical (unpaired) electrons. The summed E-state index contributed by atoms with van der Waals surface area (Å²) in [5, 5.41) is 17.1. The van der Waals surface area contributed by atoms with Gasteiger partial charge in [0.05, 0.1) is 5.03 Å². The van der Waals surface area contributed by atoms with Crippen molar-refractivity contribution in [3.63, 3.8) is 0 Å². The molecular weight excluding hydrogens is 203 g/mol. The molecule has 0 bridgehead atoms. The molecule has 0 spiro atoms. The first kappa shape index (κ1) is 10.2. The maximum atomic E-state index is 12.5. The summed E-state index contributed by atoms with van der Waals surface area (Å²) in [7, 11) is 0. The number of allylic oxidation sites excluding steroid dienone is 1. The lowest BCUT2D eigenvalue weighted by Gasteiger charge is -1.97. The van der Waals surface area contributed by atoms with Crippen LogP contribution in [0.15, 0.2) is 29.8 Å². The van der Waals surface area contributed by atoms with Crippen LogP contribution in [0.3, 0.4) is 0 Å². The topological polar surface area (TPSA) is 47.6 Å². The lowest BCUT2D eigenvalue weighted by atomic mass is 10.1. The Bertz CT molecular complexity index is 432. The first-order valence-electron chi connectivity index (χ1n) is 3.65. The molecule has 0 N–H and O–H groups in total. The van der Waals surface area contributed by atoms with Crippen molar-refractivity contribution in [2.24, 2.45) is 0 Å². The standard InChI is InChI=1S/C10H4ClFN2/c11-10(8(5-13)6-14)7-1-3-9(12)4-2-7/h1-4H. The van der Waals surface area contributed by atoms with E-state index in [2.05, 4.69) is 0 Å². The van der Waals surface area contributed by atoms with Crippen LogP contribution in [0.4, 0.5) is 4.39 Å². The van der Waals surface area contributed by atoms with Gasteiger partial charge in [-0.2, -0.15) is 10.5 Å². The predicted molar refractivity (Wildman–Crippen MR) is 50.4 cm³/mol. The molecule has 68 valence electrons. The molecule has 0 aliphatic rings. The summed E-state index contributed by atoms with van der Waals surface area (Å²) in [5.74, 6) is -0.395. The molecule has 0 saturated heterocycles. The van der Waals surface area contributed by atoms with Crippen LogP contribution in [-0.4, -0.2) is 0 Å². The first-order chi connectivity index (χ1) is 6.69. The molecule has 1 aromatic carbocycles. The van der Waals surface area contributed by atoms with Gasteiger partial charge in [-0.05, 0) is 17.7 Å². The van der Waals surface area contributed by atoms with Crippen molar-refractivity contribution in [3.05, 3.63) is 41.2 Å². The molecule has 0 atom stereocenters. The SMILES string of the molecule is N#CC(C#N)=C(Cl)c1ccc(F)cc1. The summed E-state index contributed by atoms with van der Waals surface area (Å²) in [6.45, 7) is 0. The van der Waals surface area contributed by atoms with Gasteiger partial charge in [0, 0.05) is 0 Å². The average Bonchev–Trinajstić information content (AvgIpc) is 2.20. The van der Waals surface area contributed by atoms with E-state index in [1.807, 2.05) is 0 Å². The fourth-order valence-corrected chi connectivity index (χ4v) is 1.07. The minimum atomic E-state index is -0.395. The van der Waals surface area contributed by atoms with Crippen LogP contribution < -0.4 is 0 Å². The summed E-state index contributed by atoms with van der Waals surface area (Å²) in [4.78, 5) is 0. The second-order valence-electron chi connectivity index (χ2n) is 2.42. The summed E-state index contributed by atoms with van der Waals surface area (Å²) in [6, 6.07) is 8.56. The monoisotopic (exact) mass is 206 g/mol. The van der Waals surface area contributed by atoms with Crippen LogP contribution in [0.25, 0.3) is 5.03 Å². The zero-order valence-corrected chi connectivity index (χ0v) is 7.72. The Balaban J connectivity index is 3.21. The first-order valence-corrected chi connectivity index (χ1v) is 4.02. The van der Waals surface area contributed by atoms with Gasteiger partial charge in [0.25, 0.3) is 0 Å². The van der Waals surface area contributed by atoms with E-state index < -0.39 is 5.82 Å². The van der Waals surface area contributed by atoms with Crippen molar-refractivity contribution < 1.29 is 4.39 Å². The third-order valence-corrected chi connectivity index (χ3v) is 1.95. The van der Waals surface area contributed by atoms with E-state index in [4.69, 9.17) is 22.1 Å². The highest BCUT2D eigenvalue weighted by atomic mass is 35.5. The van der Waals surface area contributed by atoms with Gasteiger partial charge in [0.15, 0.2) is 0 Å². The highest BCUT2D eigenvalue weighted by Gasteiger charge is 2.05. The minimum absolute atomic E-state index is 0.0370. The van der Waals surface area contributed by atoms with Gasteiger partial charge in [-0.3, -0.25) is 0 Å². The second kappa shape index (κ2) is 4.41. The van der Waals surface area contributed by atoms with Crippen LogP contribution in [-0.2, 0) is 0 Å². The number of rotatable bonds is 1. The van der Waals surface area contributed by atoms with Gasteiger partial charge in [0.2, 0.25) is 0 Å². The van der Waals surface area contributed by atoms with Crippen molar-refractivity contribution in [2.45, 2.75) is 0 Å². The fraction of sp³-hybridized carbons (Fsp3) is 0. The third-order valence-electron chi connectivity index (χ3n) is 1.54. The zero-order chi connectivity index (χ0) is 10.6. The molecule has 0 heterocycles. The van der Waals surface area contributed by atoms with Crippen molar-refractivity contribution in [1.82, 2.24) is 0 Å². The van der Waals surface area contributed by atoms with Gasteiger partial charge in [-0.1, -0.05) is 23.7 Å². The van der Waals surface area contributed by atoms with Crippen molar-refractivity contribution in [2.75, 3.05) is 0 Å². The Morgan fingerprint density at radius 2 is 1.64 bits per heavy atom. The molecule has 1 aromatic rings. The number of benzene rings is 1. The molecule has 0 aromatic heterocycles. The smallest absolute Gasteiger partial charge is 0.148 e. The van der Waals surface area contributed by atoms with Crippen molar-refractivity contribution >= 4 is 16.6 Å². The lowest BCUT2D eigenvalue weighted by molar-refractivity contribution is 0.627. The van der Waals surface area contributed by atoms with Gasteiger partial charge in [-0.25, -0.2) is 4.39 Å². The quantitative estimate of drug-likeness (QED) is 0.664. The molecule has 2 nitrogen and oxygen atoms in total. The van der Waals surface area contributed by atoms with E-state index in [-0.39, 0.29) is 10.6 Å². The number of nitrogens with zero attached hydrogens (tertiary/aromatic N) is 2. The number of hydrogen-bond donors (Lipinski definition) is 0. The minimum Gasteiger partial charge on any atom is -0.207 e. The van der Waals surface area contributed by atoms with E-state index in [1.54, 1.807) is 12.1 Å². The Labute approximate surface area is 85.5 Å². The summed E-state index contributed by atoms with van der Waals surface area (Å²) < 4.78 is 12.5. The van der Waals surface area contributed by atoms with Crippen LogP contribution in [0.5, 0.6) is 0 Å². The maximum Gasteiger partial charge on any atom is 0.148 e. The van der Waals surface area contributed by atoms with Gasteiger partial charge in [0.1, 0.15) is 23.5 Å². The molecule has 14 heavy (non-hydrogen) atoms. The largest absolute Gasteiger partial charge is 0.207 e. The van der Waals surface area contributed by atoms with E-state index in [9.17, 15) is 4.39 Å². The zero-order valence-electron chi connectivity index (χ0n) is 6.96. The second-order valence-corrected chi connectivity index (χ2v) is 2.80. The maximum absolute atomic E-state index is 12.5. The Hall–Kier alpha value is -1.84. The van der Waals surface area contributed by atoms with Crippen LogP contribution in [0, 0.1) is 28.5 Å². The number of halogens is 2. The molecule has 0 aliphatic heterocycles. The Kier molecular flexibility index (Phi) is 3.23. The molecule has 0 unspecified atom stereocenters. The Morgan fingerprint density at radius 1 is 1.14 bits per heavy atom. The predicted octanol–water partition coefficient (Wildman–Crippen LogP) is 2.82. The fourth-order valence-electron chi connectivity index (χ4n) is 0.864. The molecule has 1 rings (SSSR count). The summed E-state index contributed by atoms with van der Waals surface area (Å²) in [5.41, 5.74) is 0.268. The molecule has 0 amide bonds. The van der Waals surface area contributed by atoms with Crippen LogP contribution >= 0.6 is 11.6 Å². The molecular formula is C10H4ClFN2. The van der Waals surface area contributed by atoms with E-state index in [0.717, 1.165) is 0 Å². The van der Waals surface area contributed by atoms with E-state index in [0.29, 0.717) is 5.56 Å². The molecule has 0 fully saturated rings. The number of hydrogen-bond acceptors (Lipinski definition) is 2. The normalized spacial score (nSPS) is 8.57.